The lowest BCUT2D eigenvalue weighted by molar-refractivity contribution is 0.296. The second-order valence-corrected chi connectivity index (χ2v) is 7.73. The molecule has 24 heavy (non-hydrogen) atoms. The maximum Gasteiger partial charge on any atom is 0.258 e. The van der Waals surface area contributed by atoms with Crippen LogP contribution < -0.4 is 10.5 Å². The Labute approximate surface area is 147 Å². The van der Waals surface area contributed by atoms with Gasteiger partial charge in [0.2, 0.25) is 10.0 Å². The molecule has 2 aromatic heterocycles. The highest BCUT2D eigenvalue weighted by Crippen LogP contribution is 2.26. The van der Waals surface area contributed by atoms with Crippen LogP contribution in [0.15, 0.2) is 21.7 Å². The van der Waals surface area contributed by atoms with Gasteiger partial charge in [0.1, 0.15) is 4.90 Å². The number of nitrogens with one attached hydrogen (secondary N) is 1. The lowest BCUT2D eigenvalue weighted by Crippen LogP contribution is -2.44. The first-order valence-electron chi connectivity index (χ1n) is 8.02. The quantitative estimate of drug-likeness (QED) is 0.827. The highest BCUT2D eigenvalue weighted by molar-refractivity contribution is 7.89. The number of hydrogen-bond acceptors (Lipinski definition) is 6. The molecule has 0 amide bonds. The minimum absolute atomic E-state index is 0. The van der Waals surface area contributed by atoms with Crippen LogP contribution in [0.2, 0.25) is 0 Å². The van der Waals surface area contributed by atoms with Crippen LogP contribution in [0.3, 0.4) is 0 Å². The number of aromatic nitrogens is 2. The maximum atomic E-state index is 12.7. The first kappa shape index (κ1) is 19.1. The smallest absolute Gasteiger partial charge is 0.258 e. The van der Waals surface area contributed by atoms with Crippen molar-refractivity contribution in [1.29, 1.82) is 0 Å². The van der Waals surface area contributed by atoms with Crippen LogP contribution >= 0.6 is 12.4 Å². The van der Waals surface area contributed by atoms with Crippen LogP contribution in [0.25, 0.3) is 11.1 Å². The molecule has 0 saturated heterocycles. The van der Waals surface area contributed by atoms with E-state index in [9.17, 15) is 8.42 Å². The van der Waals surface area contributed by atoms with Crippen molar-refractivity contribution in [3.05, 3.63) is 18.0 Å². The van der Waals surface area contributed by atoms with Crippen molar-refractivity contribution >= 4 is 33.5 Å². The van der Waals surface area contributed by atoms with Crippen LogP contribution in [0.1, 0.15) is 38.3 Å². The summed E-state index contributed by atoms with van der Waals surface area (Å²) in [5, 5.41) is 4.56. The lowest BCUT2D eigenvalue weighted by Gasteiger charge is -2.30. The summed E-state index contributed by atoms with van der Waals surface area (Å²) in [6.45, 7) is 2.43. The first-order chi connectivity index (χ1) is 11.0. The Kier molecular flexibility index (Phi) is 6.19. The fourth-order valence-corrected chi connectivity index (χ4v) is 4.48. The van der Waals surface area contributed by atoms with Gasteiger partial charge in [-0.1, -0.05) is 24.9 Å². The summed E-state index contributed by atoms with van der Waals surface area (Å²) in [5.41, 5.74) is 6.85. The molecule has 7 nitrogen and oxygen atoms in total. The summed E-state index contributed by atoms with van der Waals surface area (Å²) < 4.78 is 33.3. The Morgan fingerprint density at radius 3 is 2.83 bits per heavy atom. The van der Waals surface area contributed by atoms with Crippen LogP contribution in [-0.2, 0) is 16.4 Å². The van der Waals surface area contributed by atoms with E-state index in [0.717, 1.165) is 25.7 Å². The molecule has 134 valence electrons. The van der Waals surface area contributed by atoms with Gasteiger partial charge in [0.25, 0.3) is 5.71 Å². The van der Waals surface area contributed by atoms with Crippen molar-refractivity contribution in [2.24, 2.45) is 11.7 Å². The fourth-order valence-electron chi connectivity index (χ4n) is 3.17. The molecule has 1 saturated carbocycles. The van der Waals surface area contributed by atoms with Crippen molar-refractivity contribution in [1.82, 2.24) is 14.9 Å². The molecule has 2 aromatic rings. The van der Waals surface area contributed by atoms with E-state index in [1.165, 1.54) is 6.20 Å². The lowest BCUT2D eigenvalue weighted by atomic mass is 9.85. The number of halogens is 1. The van der Waals surface area contributed by atoms with Crippen LogP contribution in [0.4, 0.5) is 0 Å². The predicted molar refractivity (Wildman–Crippen MR) is 93.6 cm³/mol. The van der Waals surface area contributed by atoms with Gasteiger partial charge in [-0.2, -0.15) is 0 Å². The molecule has 3 N–H and O–H groups in total. The maximum absolute atomic E-state index is 12.7. The normalized spacial score (nSPS) is 21.6. The van der Waals surface area contributed by atoms with E-state index in [1.807, 2.05) is 6.92 Å². The zero-order valence-electron chi connectivity index (χ0n) is 13.6. The molecule has 0 aliphatic heterocycles. The minimum atomic E-state index is -3.63. The average molecular weight is 375 g/mol. The topological polar surface area (TPSA) is 111 Å². The Morgan fingerprint density at radius 1 is 1.38 bits per heavy atom. The van der Waals surface area contributed by atoms with E-state index in [-0.39, 0.29) is 29.3 Å². The SMILES string of the molecule is CCc1noc2ncc(S(=O)(=O)NC3CCCCC3CN)cc12.Cl. The van der Waals surface area contributed by atoms with Gasteiger partial charge < -0.3 is 10.3 Å². The van der Waals surface area contributed by atoms with Gasteiger partial charge in [-0.3, -0.25) is 0 Å². The van der Waals surface area contributed by atoms with Gasteiger partial charge in [-0.25, -0.2) is 18.1 Å². The third-order valence-electron chi connectivity index (χ3n) is 4.54. The molecule has 1 fully saturated rings. The molecule has 2 atom stereocenters. The predicted octanol–water partition coefficient (Wildman–Crippen LogP) is 2.00. The number of fused-ring (bicyclic) bond motifs is 1. The van der Waals surface area contributed by atoms with E-state index in [2.05, 4.69) is 14.9 Å². The van der Waals surface area contributed by atoms with E-state index in [0.29, 0.717) is 29.8 Å². The van der Waals surface area contributed by atoms with Crippen molar-refractivity contribution < 1.29 is 12.9 Å². The number of rotatable bonds is 5. The second kappa shape index (κ2) is 7.77. The molecule has 0 radical (unpaired) electrons. The van der Waals surface area contributed by atoms with Crippen LogP contribution in [0.5, 0.6) is 0 Å². The summed E-state index contributed by atoms with van der Waals surface area (Å²) in [5.74, 6) is 0.192. The summed E-state index contributed by atoms with van der Waals surface area (Å²) in [6.07, 6.45) is 5.89. The molecular formula is C15H23ClN4O3S. The van der Waals surface area contributed by atoms with Crippen molar-refractivity contribution in [2.45, 2.75) is 50.0 Å². The molecular weight excluding hydrogens is 352 g/mol. The van der Waals surface area contributed by atoms with Crippen LogP contribution in [-0.4, -0.2) is 31.1 Å². The summed E-state index contributed by atoms with van der Waals surface area (Å²) in [6, 6.07) is 1.47. The van der Waals surface area contributed by atoms with Crippen molar-refractivity contribution in [2.75, 3.05) is 6.54 Å². The number of nitrogens with zero attached hydrogens (tertiary/aromatic N) is 2. The van der Waals surface area contributed by atoms with Gasteiger partial charge >= 0.3 is 0 Å². The highest BCUT2D eigenvalue weighted by Gasteiger charge is 2.29. The molecule has 3 rings (SSSR count). The monoisotopic (exact) mass is 374 g/mol. The van der Waals surface area contributed by atoms with Gasteiger partial charge in [0.15, 0.2) is 0 Å². The van der Waals surface area contributed by atoms with E-state index in [4.69, 9.17) is 10.3 Å². The number of sulfonamides is 1. The Hall–Kier alpha value is -1.22. The number of hydrogen-bond donors (Lipinski definition) is 2. The molecule has 2 heterocycles. The molecule has 0 aromatic carbocycles. The molecule has 1 aliphatic carbocycles. The van der Waals surface area contributed by atoms with Crippen molar-refractivity contribution in [3.63, 3.8) is 0 Å². The number of pyridine rings is 1. The summed E-state index contributed by atoms with van der Waals surface area (Å²) in [4.78, 5) is 4.22. The Balaban J connectivity index is 0.00000208. The van der Waals surface area contributed by atoms with Gasteiger partial charge in [0.05, 0.1) is 17.3 Å². The molecule has 1 aliphatic rings. The average Bonchev–Trinajstić information content (AvgIpc) is 2.97. The van der Waals surface area contributed by atoms with Gasteiger partial charge in [0, 0.05) is 6.04 Å². The molecule has 9 heteroatoms. The fraction of sp³-hybridized carbons (Fsp3) is 0.600. The molecule has 0 spiro atoms. The summed E-state index contributed by atoms with van der Waals surface area (Å²) >= 11 is 0. The zero-order valence-corrected chi connectivity index (χ0v) is 15.2. The second-order valence-electron chi connectivity index (χ2n) is 6.01. The summed E-state index contributed by atoms with van der Waals surface area (Å²) in [7, 11) is -3.63. The molecule has 2 unspecified atom stereocenters. The van der Waals surface area contributed by atoms with E-state index >= 15 is 0 Å². The van der Waals surface area contributed by atoms with Crippen molar-refractivity contribution in [3.8, 4) is 0 Å². The third-order valence-corrected chi connectivity index (χ3v) is 6.00. The largest absolute Gasteiger partial charge is 0.336 e. The number of aryl methyl sites for hydroxylation is 1. The van der Waals surface area contributed by atoms with E-state index < -0.39 is 10.0 Å². The first-order valence-corrected chi connectivity index (χ1v) is 9.50. The number of nitrogens with two attached hydrogens (primary N) is 1. The Bertz CT molecular complexity index is 793. The van der Waals surface area contributed by atoms with Gasteiger partial charge in [-0.15, -0.1) is 12.4 Å². The van der Waals surface area contributed by atoms with Gasteiger partial charge in [-0.05, 0) is 37.8 Å². The van der Waals surface area contributed by atoms with E-state index in [1.54, 1.807) is 6.07 Å². The highest BCUT2D eigenvalue weighted by atomic mass is 35.5. The standard InChI is InChI=1S/C15H22N4O3S.ClH/c1-2-13-12-7-11(9-17-15(12)22-18-13)23(20,21)19-14-6-4-3-5-10(14)8-16;/h7,9-10,14,19H,2-6,8,16H2,1H3;1H. The minimum Gasteiger partial charge on any atom is -0.336 e. The zero-order chi connectivity index (χ0) is 16.4. The Morgan fingerprint density at radius 2 is 2.12 bits per heavy atom. The third kappa shape index (κ3) is 3.72. The van der Waals surface area contributed by atoms with Crippen LogP contribution in [0, 0.1) is 5.92 Å². The molecule has 0 bridgehead atoms.